The number of nitrogens with zero attached hydrogens (tertiary/aromatic N) is 4. The van der Waals surface area contributed by atoms with Crippen molar-refractivity contribution in [3.8, 4) is 62.1 Å². The summed E-state index contributed by atoms with van der Waals surface area (Å²) in [5.74, 6) is 1.99. The minimum Gasteiger partial charge on any atom is -0.313 e. The molecule has 0 atom stereocenters. The van der Waals surface area contributed by atoms with E-state index < -0.39 is 0 Å². The number of aryl methyl sites for hydroxylation is 1. The third kappa shape index (κ3) is 4.82. The molecule has 2 aromatic heterocycles. The van der Waals surface area contributed by atoms with Crippen LogP contribution in [0.1, 0.15) is 11.3 Å². The molecule has 8 aromatic rings. The van der Waals surface area contributed by atoms with Gasteiger partial charge in [-0.25, -0.2) is 15.0 Å². The summed E-state index contributed by atoms with van der Waals surface area (Å²) in [5.41, 5.74) is 13.2. The number of para-hydroxylation sites is 1. The molecule has 4 heteroatoms. The zero-order valence-electron chi connectivity index (χ0n) is 25.7. The largest absolute Gasteiger partial charge is 0.313 e. The van der Waals surface area contributed by atoms with Crippen molar-refractivity contribution in [3.63, 3.8) is 0 Å². The van der Waals surface area contributed by atoms with E-state index in [9.17, 15) is 0 Å². The minimum atomic E-state index is 0.658. The lowest BCUT2D eigenvalue weighted by Crippen LogP contribution is -2.08. The van der Waals surface area contributed by atoms with Crippen molar-refractivity contribution >= 4 is 10.9 Å². The topological polar surface area (TPSA) is 43.6 Å². The van der Waals surface area contributed by atoms with Gasteiger partial charge in [0.15, 0.2) is 17.5 Å². The number of hydrogen-bond acceptors (Lipinski definition) is 3. The van der Waals surface area contributed by atoms with Crippen molar-refractivity contribution in [2.24, 2.45) is 0 Å². The Hall–Kier alpha value is -6.13. The van der Waals surface area contributed by atoms with Crippen LogP contribution in [0.3, 0.4) is 0 Å². The van der Waals surface area contributed by atoms with Crippen LogP contribution in [0.4, 0.5) is 0 Å². The van der Waals surface area contributed by atoms with Crippen LogP contribution in [0.15, 0.2) is 158 Å². The van der Waals surface area contributed by atoms with Crippen LogP contribution < -0.4 is 0 Å². The highest BCUT2D eigenvalue weighted by molar-refractivity contribution is 6.01. The molecular weight excluding hydrogens is 573 g/mol. The van der Waals surface area contributed by atoms with E-state index in [1.165, 1.54) is 44.4 Å². The van der Waals surface area contributed by atoms with E-state index in [0.717, 1.165) is 35.2 Å². The van der Waals surface area contributed by atoms with Gasteiger partial charge < -0.3 is 4.57 Å². The second-order valence-corrected chi connectivity index (χ2v) is 12.0. The van der Waals surface area contributed by atoms with Gasteiger partial charge in [-0.1, -0.05) is 121 Å². The molecule has 0 fully saturated rings. The molecule has 0 spiro atoms. The fraction of sp³-hybridized carbons (Fsp3) is 0.0465. The van der Waals surface area contributed by atoms with E-state index in [1.54, 1.807) is 0 Å². The standard InChI is InChI=1S/C43H30N4/c1-4-12-29(13-5-1)34-21-20-30-24-27-39-40(37(30)28-34)36-18-10-11-19-38(36)47(39)35-25-22-33(23-26-35)43-45-41(31-14-6-2-7-15-31)44-42(46-43)32-16-8-3-9-17-32/h1-23,25-26,28H,24,27H2. The lowest BCUT2D eigenvalue weighted by molar-refractivity contribution is 0.866. The Labute approximate surface area is 273 Å². The Bertz CT molecular complexity index is 2320. The van der Waals surface area contributed by atoms with Crippen LogP contribution in [0.5, 0.6) is 0 Å². The molecule has 1 aliphatic carbocycles. The maximum Gasteiger partial charge on any atom is 0.164 e. The van der Waals surface area contributed by atoms with E-state index in [-0.39, 0.29) is 0 Å². The van der Waals surface area contributed by atoms with Gasteiger partial charge in [-0.05, 0) is 71.5 Å². The fourth-order valence-corrected chi connectivity index (χ4v) is 6.91. The van der Waals surface area contributed by atoms with Crippen molar-refractivity contribution in [1.29, 1.82) is 0 Å². The average molecular weight is 603 g/mol. The molecule has 222 valence electrons. The molecule has 0 N–H and O–H groups in total. The van der Waals surface area contributed by atoms with Gasteiger partial charge in [0, 0.05) is 39.0 Å². The summed E-state index contributed by atoms with van der Waals surface area (Å²) in [6.45, 7) is 0. The molecule has 0 unspecified atom stereocenters. The smallest absolute Gasteiger partial charge is 0.164 e. The summed E-state index contributed by atoms with van der Waals surface area (Å²) in [6.07, 6.45) is 2.00. The number of hydrogen-bond donors (Lipinski definition) is 0. The Morgan fingerprint density at radius 3 is 1.55 bits per heavy atom. The third-order valence-electron chi connectivity index (χ3n) is 9.17. The third-order valence-corrected chi connectivity index (χ3v) is 9.17. The highest BCUT2D eigenvalue weighted by Crippen LogP contribution is 2.43. The van der Waals surface area contributed by atoms with Crippen molar-refractivity contribution in [2.75, 3.05) is 0 Å². The molecule has 6 aromatic carbocycles. The monoisotopic (exact) mass is 602 g/mol. The summed E-state index contributed by atoms with van der Waals surface area (Å²) in [4.78, 5) is 14.7. The first-order chi connectivity index (χ1) is 23.3. The van der Waals surface area contributed by atoms with E-state index in [4.69, 9.17) is 15.0 Å². The first kappa shape index (κ1) is 27.2. The molecule has 47 heavy (non-hydrogen) atoms. The van der Waals surface area contributed by atoms with Crippen LogP contribution >= 0.6 is 0 Å². The molecule has 9 rings (SSSR count). The molecule has 0 bridgehead atoms. The van der Waals surface area contributed by atoms with Crippen LogP contribution in [-0.4, -0.2) is 19.5 Å². The number of rotatable bonds is 5. The maximum atomic E-state index is 4.94. The maximum absolute atomic E-state index is 4.94. The van der Waals surface area contributed by atoms with E-state index in [1.807, 2.05) is 60.7 Å². The first-order valence-electron chi connectivity index (χ1n) is 16.1. The zero-order chi connectivity index (χ0) is 31.2. The van der Waals surface area contributed by atoms with Crippen LogP contribution in [-0.2, 0) is 12.8 Å². The quantitative estimate of drug-likeness (QED) is 0.197. The molecule has 0 saturated heterocycles. The number of benzene rings is 6. The normalized spacial score (nSPS) is 12.1. The second-order valence-electron chi connectivity index (χ2n) is 12.0. The van der Waals surface area contributed by atoms with Gasteiger partial charge in [0.1, 0.15) is 0 Å². The molecule has 0 radical (unpaired) electrons. The Morgan fingerprint density at radius 1 is 0.426 bits per heavy atom. The second kappa shape index (κ2) is 11.3. The molecule has 1 aliphatic rings. The van der Waals surface area contributed by atoms with E-state index in [0.29, 0.717) is 17.5 Å². The molecular formula is C43H30N4. The Kier molecular flexibility index (Phi) is 6.57. The van der Waals surface area contributed by atoms with Gasteiger partial charge in [0.05, 0.1) is 5.52 Å². The molecule has 2 heterocycles. The van der Waals surface area contributed by atoms with Gasteiger partial charge in [-0.2, -0.15) is 0 Å². The van der Waals surface area contributed by atoms with Crippen LogP contribution in [0.25, 0.3) is 73.0 Å². The van der Waals surface area contributed by atoms with Gasteiger partial charge in [-0.3, -0.25) is 0 Å². The van der Waals surface area contributed by atoms with Crippen molar-refractivity contribution in [3.05, 3.63) is 169 Å². The number of fused-ring (bicyclic) bond motifs is 5. The average Bonchev–Trinajstić information content (AvgIpc) is 3.50. The zero-order valence-corrected chi connectivity index (χ0v) is 25.7. The molecule has 0 aliphatic heterocycles. The molecule has 4 nitrogen and oxygen atoms in total. The summed E-state index contributed by atoms with van der Waals surface area (Å²) >= 11 is 0. The fourth-order valence-electron chi connectivity index (χ4n) is 6.91. The van der Waals surface area contributed by atoms with Gasteiger partial charge in [0.2, 0.25) is 0 Å². The van der Waals surface area contributed by atoms with Gasteiger partial charge >= 0.3 is 0 Å². The van der Waals surface area contributed by atoms with Crippen molar-refractivity contribution in [1.82, 2.24) is 19.5 Å². The van der Waals surface area contributed by atoms with Crippen molar-refractivity contribution < 1.29 is 0 Å². The van der Waals surface area contributed by atoms with Crippen LogP contribution in [0, 0.1) is 0 Å². The SMILES string of the molecule is c1ccc(-c2ccc3c(c2)-c2c(n(-c4ccc(-c5nc(-c6ccccc6)nc(-c6ccccc6)n5)cc4)c4ccccc24)CC3)cc1. The highest BCUT2D eigenvalue weighted by atomic mass is 15.0. The summed E-state index contributed by atoms with van der Waals surface area (Å²) in [5, 5.41) is 1.29. The van der Waals surface area contributed by atoms with Gasteiger partial charge in [0.25, 0.3) is 0 Å². The molecule has 0 amide bonds. The molecule has 0 saturated carbocycles. The van der Waals surface area contributed by atoms with Crippen molar-refractivity contribution in [2.45, 2.75) is 12.8 Å². The van der Waals surface area contributed by atoms with Crippen LogP contribution in [0.2, 0.25) is 0 Å². The Morgan fingerprint density at radius 2 is 0.936 bits per heavy atom. The lowest BCUT2D eigenvalue weighted by Gasteiger charge is -2.21. The lowest BCUT2D eigenvalue weighted by atomic mass is 9.86. The summed E-state index contributed by atoms with van der Waals surface area (Å²) in [6, 6.07) is 55.4. The highest BCUT2D eigenvalue weighted by Gasteiger charge is 2.25. The van der Waals surface area contributed by atoms with E-state index in [2.05, 4.69) is 102 Å². The van der Waals surface area contributed by atoms with E-state index >= 15 is 0 Å². The number of aromatic nitrogens is 4. The summed E-state index contributed by atoms with van der Waals surface area (Å²) in [7, 11) is 0. The van der Waals surface area contributed by atoms with Gasteiger partial charge in [-0.15, -0.1) is 0 Å². The summed E-state index contributed by atoms with van der Waals surface area (Å²) < 4.78 is 2.45. The Balaban J connectivity index is 1.16. The first-order valence-corrected chi connectivity index (χ1v) is 16.1. The minimum absolute atomic E-state index is 0.658. The predicted octanol–water partition coefficient (Wildman–Crippen LogP) is 10.2. The predicted molar refractivity (Wildman–Crippen MR) is 191 cm³/mol.